The molecule has 0 aliphatic carbocycles. The normalized spacial score (nSPS) is 15.9. The van der Waals surface area contributed by atoms with Crippen molar-refractivity contribution in [2.75, 3.05) is 25.1 Å². The molecule has 0 spiro atoms. The van der Waals surface area contributed by atoms with E-state index in [4.69, 9.17) is 9.47 Å². The molecule has 0 radical (unpaired) electrons. The van der Waals surface area contributed by atoms with Crippen LogP contribution in [0.5, 0.6) is 5.88 Å². The van der Waals surface area contributed by atoms with E-state index in [0.717, 1.165) is 29.4 Å². The molecule has 6 nitrogen and oxygen atoms in total. The number of amides is 1. The van der Waals surface area contributed by atoms with Crippen molar-refractivity contribution < 1.29 is 14.3 Å². The molecule has 1 aliphatic rings. The Morgan fingerprint density at radius 2 is 2.23 bits per heavy atom. The standard InChI is InChI=1S/C16H21N3O3/c1-3-22-16-13-10-12(4-5-14(13)19(2)18-16)17-15(20)11-6-8-21-9-7-11/h4-5,10-11H,3,6-9H2,1-2H3,(H,17,20). The smallest absolute Gasteiger partial charge is 0.240 e. The highest BCUT2D eigenvalue weighted by Gasteiger charge is 2.22. The number of hydrogen-bond acceptors (Lipinski definition) is 4. The summed E-state index contributed by atoms with van der Waals surface area (Å²) in [5.41, 5.74) is 1.76. The zero-order valence-corrected chi connectivity index (χ0v) is 13.0. The van der Waals surface area contributed by atoms with Crippen LogP contribution < -0.4 is 10.1 Å². The van der Waals surface area contributed by atoms with E-state index < -0.39 is 0 Å². The minimum atomic E-state index is 0.0321. The third kappa shape index (κ3) is 2.92. The van der Waals surface area contributed by atoms with Crippen LogP contribution in [-0.2, 0) is 16.6 Å². The number of benzene rings is 1. The Hall–Kier alpha value is -2.08. The number of ether oxygens (including phenoxy) is 2. The zero-order valence-electron chi connectivity index (χ0n) is 13.0. The molecule has 0 unspecified atom stereocenters. The minimum Gasteiger partial charge on any atom is -0.476 e. The molecule has 1 saturated heterocycles. The first-order valence-corrected chi connectivity index (χ1v) is 7.67. The summed E-state index contributed by atoms with van der Waals surface area (Å²) in [5.74, 6) is 0.691. The molecule has 2 heterocycles. The SMILES string of the molecule is CCOc1nn(C)c2ccc(NC(=O)C3CCOCC3)cc12. The Bertz CT molecular complexity index is 675. The van der Waals surface area contributed by atoms with Crippen LogP contribution >= 0.6 is 0 Å². The van der Waals surface area contributed by atoms with Gasteiger partial charge in [0, 0.05) is 31.9 Å². The van der Waals surface area contributed by atoms with Crippen molar-refractivity contribution in [2.24, 2.45) is 13.0 Å². The molecule has 22 heavy (non-hydrogen) atoms. The van der Waals surface area contributed by atoms with E-state index in [0.29, 0.717) is 25.7 Å². The molecule has 1 aromatic heterocycles. The molecule has 1 amide bonds. The number of aryl methyl sites for hydroxylation is 1. The molecular formula is C16H21N3O3. The Morgan fingerprint density at radius 1 is 1.45 bits per heavy atom. The summed E-state index contributed by atoms with van der Waals surface area (Å²) in [6, 6.07) is 5.77. The van der Waals surface area contributed by atoms with E-state index in [1.165, 1.54) is 0 Å². The lowest BCUT2D eigenvalue weighted by molar-refractivity contribution is -0.122. The number of aromatic nitrogens is 2. The van der Waals surface area contributed by atoms with E-state index in [2.05, 4.69) is 10.4 Å². The molecule has 1 aromatic carbocycles. The van der Waals surface area contributed by atoms with E-state index >= 15 is 0 Å². The second kappa shape index (κ2) is 6.36. The largest absolute Gasteiger partial charge is 0.476 e. The first-order chi connectivity index (χ1) is 10.7. The second-order valence-corrected chi connectivity index (χ2v) is 5.47. The Kier molecular flexibility index (Phi) is 4.29. The molecule has 2 aromatic rings. The number of carbonyl (C=O) groups excluding carboxylic acids is 1. The van der Waals surface area contributed by atoms with Gasteiger partial charge < -0.3 is 14.8 Å². The number of nitrogens with one attached hydrogen (secondary N) is 1. The van der Waals surface area contributed by atoms with Gasteiger partial charge in [0.05, 0.1) is 17.5 Å². The summed E-state index contributed by atoms with van der Waals surface area (Å²) in [5, 5.41) is 8.26. The molecule has 118 valence electrons. The van der Waals surface area contributed by atoms with Crippen LogP contribution in [0.4, 0.5) is 5.69 Å². The lowest BCUT2D eigenvalue weighted by Gasteiger charge is -2.21. The van der Waals surface area contributed by atoms with Gasteiger partial charge >= 0.3 is 0 Å². The van der Waals surface area contributed by atoms with Crippen molar-refractivity contribution in [1.82, 2.24) is 9.78 Å². The molecule has 1 aliphatic heterocycles. The monoisotopic (exact) mass is 303 g/mol. The lowest BCUT2D eigenvalue weighted by atomic mass is 9.99. The summed E-state index contributed by atoms with van der Waals surface area (Å²) < 4.78 is 12.6. The third-order valence-electron chi connectivity index (χ3n) is 3.96. The van der Waals surface area contributed by atoms with Gasteiger partial charge in [0.25, 0.3) is 0 Å². The van der Waals surface area contributed by atoms with Crippen LogP contribution in [0.1, 0.15) is 19.8 Å². The summed E-state index contributed by atoms with van der Waals surface area (Å²) in [4.78, 5) is 12.3. The van der Waals surface area contributed by atoms with Gasteiger partial charge in [-0.05, 0) is 38.0 Å². The highest BCUT2D eigenvalue weighted by Crippen LogP contribution is 2.28. The Balaban J connectivity index is 1.81. The van der Waals surface area contributed by atoms with Crippen LogP contribution in [0.3, 0.4) is 0 Å². The summed E-state index contributed by atoms with van der Waals surface area (Å²) >= 11 is 0. The highest BCUT2D eigenvalue weighted by molar-refractivity contribution is 5.96. The maximum atomic E-state index is 12.3. The highest BCUT2D eigenvalue weighted by atomic mass is 16.5. The zero-order chi connectivity index (χ0) is 15.5. The van der Waals surface area contributed by atoms with Crippen molar-refractivity contribution in [2.45, 2.75) is 19.8 Å². The van der Waals surface area contributed by atoms with Gasteiger partial charge in [0.15, 0.2) is 0 Å². The fraction of sp³-hybridized carbons (Fsp3) is 0.500. The van der Waals surface area contributed by atoms with Gasteiger partial charge in [-0.25, -0.2) is 0 Å². The van der Waals surface area contributed by atoms with Gasteiger partial charge in [-0.2, -0.15) is 0 Å². The molecule has 1 fully saturated rings. The quantitative estimate of drug-likeness (QED) is 0.941. The topological polar surface area (TPSA) is 65.4 Å². The predicted molar refractivity (Wildman–Crippen MR) is 84.1 cm³/mol. The van der Waals surface area contributed by atoms with Crippen molar-refractivity contribution in [3.63, 3.8) is 0 Å². The first-order valence-electron chi connectivity index (χ1n) is 7.67. The predicted octanol–water partition coefficient (Wildman–Crippen LogP) is 2.34. The molecule has 0 saturated carbocycles. The Morgan fingerprint density at radius 3 is 2.95 bits per heavy atom. The number of anilines is 1. The minimum absolute atomic E-state index is 0.0321. The molecule has 1 N–H and O–H groups in total. The fourth-order valence-corrected chi connectivity index (χ4v) is 2.76. The summed E-state index contributed by atoms with van der Waals surface area (Å²) in [6.07, 6.45) is 1.57. The summed E-state index contributed by atoms with van der Waals surface area (Å²) in [7, 11) is 1.88. The van der Waals surface area contributed by atoms with Gasteiger partial charge in [-0.1, -0.05) is 0 Å². The van der Waals surface area contributed by atoms with Gasteiger partial charge in [0.1, 0.15) is 0 Å². The Labute approximate surface area is 129 Å². The molecule has 3 rings (SSSR count). The second-order valence-electron chi connectivity index (χ2n) is 5.47. The number of nitrogens with zero attached hydrogens (tertiary/aromatic N) is 2. The van der Waals surface area contributed by atoms with Gasteiger partial charge in [-0.3, -0.25) is 9.48 Å². The molecule has 6 heteroatoms. The van der Waals surface area contributed by atoms with Crippen LogP contribution in [0.15, 0.2) is 18.2 Å². The van der Waals surface area contributed by atoms with E-state index in [9.17, 15) is 4.79 Å². The number of hydrogen-bond donors (Lipinski definition) is 1. The van der Waals surface area contributed by atoms with Gasteiger partial charge in [0.2, 0.25) is 11.8 Å². The van der Waals surface area contributed by atoms with E-state index in [-0.39, 0.29) is 11.8 Å². The first kappa shape index (κ1) is 14.8. The summed E-state index contributed by atoms with van der Waals surface area (Å²) in [6.45, 7) is 3.81. The lowest BCUT2D eigenvalue weighted by Crippen LogP contribution is -2.28. The van der Waals surface area contributed by atoms with Crippen LogP contribution in [-0.4, -0.2) is 35.5 Å². The van der Waals surface area contributed by atoms with E-state index in [1.807, 2.05) is 32.2 Å². The van der Waals surface area contributed by atoms with Crippen molar-refractivity contribution in [3.8, 4) is 5.88 Å². The van der Waals surface area contributed by atoms with Crippen LogP contribution in [0.25, 0.3) is 10.9 Å². The van der Waals surface area contributed by atoms with Gasteiger partial charge in [-0.15, -0.1) is 5.10 Å². The molecule has 0 atom stereocenters. The number of carbonyl (C=O) groups is 1. The van der Waals surface area contributed by atoms with Crippen LogP contribution in [0.2, 0.25) is 0 Å². The third-order valence-corrected chi connectivity index (χ3v) is 3.96. The molecule has 0 bridgehead atoms. The van der Waals surface area contributed by atoms with E-state index in [1.54, 1.807) is 4.68 Å². The average molecular weight is 303 g/mol. The fourth-order valence-electron chi connectivity index (χ4n) is 2.76. The van der Waals surface area contributed by atoms with Crippen molar-refractivity contribution in [1.29, 1.82) is 0 Å². The average Bonchev–Trinajstić information content (AvgIpc) is 2.84. The van der Waals surface area contributed by atoms with Crippen molar-refractivity contribution in [3.05, 3.63) is 18.2 Å². The van der Waals surface area contributed by atoms with Crippen LogP contribution in [0, 0.1) is 5.92 Å². The maximum Gasteiger partial charge on any atom is 0.240 e. The number of fused-ring (bicyclic) bond motifs is 1. The van der Waals surface area contributed by atoms with Crippen molar-refractivity contribution >= 4 is 22.5 Å². The molecular weight excluding hydrogens is 282 g/mol. The maximum absolute atomic E-state index is 12.3. The number of rotatable bonds is 4.